The number of piperidine rings is 1. The highest BCUT2D eigenvalue weighted by Gasteiger charge is 2.40. The minimum absolute atomic E-state index is 0.139. The second kappa shape index (κ2) is 10.5. The minimum atomic E-state index is -4.42. The summed E-state index contributed by atoms with van der Waals surface area (Å²) in [6, 6.07) is 5.83. The maximum Gasteiger partial charge on any atom is 0.416 e. The molecule has 0 bridgehead atoms. The van der Waals surface area contributed by atoms with E-state index >= 15 is 0 Å². The highest BCUT2D eigenvalue weighted by Crippen LogP contribution is 2.44. The van der Waals surface area contributed by atoms with Gasteiger partial charge >= 0.3 is 12.1 Å². The van der Waals surface area contributed by atoms with E-state index in [1.807, 2.05) is 4.68 Å². The maximum absolute atomic E-state index is 13.6. The largest absolute Gasteiger partial charge is 0.465 e. The molecule has 200 valence electrons. The summed E-state index contributed by atoms with van der Waals surface area (Å²) >= 11 is 0. The van der Waals surface area contributed by atoms with Crippen molar-refractivity contribution >= 4 is 11.9 Å². The van der Waals surface area contributed by atoms with Gasteiger partial charge in [-0.1, -0.05) is 18.2 Å². The van der Waals surface area contributed by atoms with Gasteiger partial charge in [0.25, 0.3) is 5.91 Å². The Balaban J connectivity index is 1.28. The molecule has 10 heteroatoms. The smallest absolute Gasteiger partial charge is 0.416 e. The average molecular weight is 519 g/mol. The molecule has 5 rings (SSSR count). The third kappa shape index (κ3) is 5.54. The molecule has 1 amide bonds. The van der Waals surface area contributed by atoms with Gasteiger partial charge in [0.1, 0.15) is 0 Å². The SMILES string of the molecule is CCOC(=O)CN1CCC(n2ncc(C(=O)N3CC[C@@H](c4ccccc4C(F)(F)F)C3)c2C2CC2)CC1. The zero-order valence-electron chi connectivity index (χ0n) is 21.0. The van der Waals surface area contributed by atoms with Crippen LogP contribution in [0.25, 0.3) is 0 Å². The Morgan fingerprint density at radius 2 is 1.76 bits per heavy atom. The fourth-order valence-corrected chi connectivity index (χ4v) is 5.78. The molecule has 1 aliphatic carbocycles. The van der Waals surface area contributed by atoms with Crippen LogP contribution >= 0.6 is 0 Å². The number of alkyl halides is 3. The Morgan fingerprint density at radius 3 is 2.43 bits per heavy atom. The van der Waals surface area contributed by atoms with Crippen LogP contribution < -0.4 is 0 Å². The van der Waals surface area contributed by atoms with Crippen molar-refractivity contribution in [1.82, 2.24) is 19.6 Å². The lowest BCUT2D eigenvalue weighted by Gasteiger charge is -2.32. The third-order valence-electron chi connectivity index (χ3n) is 7.77. The number of likely N-dealkylation sites (tertiary alicyclic amines) is 2. The van der Waals surface area contributed by atoms with Crippen LogP contribution in [0.15, 0.2) is 30.5 Å². The van der Waals surface area contributed by atoms with Gasteiger partial charge in [0.05, 0.1) is 42.2 Å². The van der Waals surface area contributed by atoms with Crippen molar-refractivity contribution in [2.24, 2.45) is 0 Å². The molecule has 1 aromatic heterocycles. The number of aromatic nitrogens is 2. The minimum Gasteiger partial charge on any atom is -0.465 e. The van der Waals surface area contributed by atoms with E-state index in [1.165, 1.54) is 12.1 Å². The lowest BCUT2D eigenvalue weighted by Crippen LogP contribution is -2.39. The molecule has 0 N–H and O–H groups in total. The van der Waals surface area contributed by atoms with Crippen molar-refractivity contribution in [1.29, 1.82) is 0 Å². The molecular formula is C27H33F3N4O3. The van der Waals surface area contributed by atoms with Crippen LogP contribution in [-0.2, 0) is 15.7 Å². The molecule has 0 radical (unpaired) electrons. The molecule has 0 unspecified atom stereocenters. The van der Waals surface area contributed by atoms with E-state index in [4.69, 9.17) is 4.74 Å². The van der Waals surface area contributed by atoms with E-state index in [9.17, 15) is 22.8 Å². The standard InChI is InChI=1S/C27H33F3N4O3/c1-2-37-24(35)17-32-12-10-20(11-13-32)34-25(18-7-8-18)22(15-31-34)26(36)33-14-9-19(16-33)21-5-3-4-6-23(21)27(28,29)30/h3-6,15,18-20H,2,7-14,16-17H2,1H3/t19-/m1/s1. The third-order valence-corrected chi connectivity index (χ3v) is 7.77. The first kappa shape index (κ1) is 25.8. The Bertz CT molecular complexity index is 1140. The van der Waals surface area contributed by atoms with E-state index in [1.54, 1.807) is 24.1 Å². The Labute approximate surface area is 214 Å². The molecular weight excluding hydrogens is 485 g/mol. The van der Waals surface area contributed by atoms with Gasteiger partial charge in [0.2, 0.25) is 0 Å². The lowest BCUT2D eigenvalue weighted by atomic mass is 9.93. The van der Waals surface area contributed by atoms with Crippen molar-refractivity contribution in [3.05, 3.63) is 52.8 Å². The summed E-state index contributed by atoms with van der Waals surface area (Å²) in [5.74, 6) is -0.401. The van der Waals surface area contributed by atoms with Crippen molar-refractivity contribution in [2.75, 3.05) is 39.3 Å². The molecule has 3 heterocycles. The van der Waals surface area contributed by atoms with E-state index in [0.717, 1.165) is 50.5 Å². The number of esters is 1. The number of hydrogen-bond acceptors (Lipinski definition) is 5. The van der Waals surface area contributed by atoms with Gasteiger partial charge < -0.3 is 9.64 Å². The molecule has 0 spiro atoms. The number of nitrogens with zero attached hydrogens (tertiary/aromatic N) is 4. The van der Waals surface area contributed by atoms with Crippen molar-refractivity contribution < 1.29 is 27.5 Å². The number of ether oxygens (including phenoxy) is 1. The predicted molar refractivity (Wildman–Crippen MR) is 130 cm³/mol. The van der Waals surface area contributed by atoms with E-state index in [0.29, 0.717) is 31.1 Å². The highest BCUT2D eigenvalue weighted by molar-refractivity contribution is 5.95. The Morgan fingerprint density at radius 1 is 1.03 bits per heavy atom. The van der Waals surface area contributed by atoms with E-state index in [2.05, 4.69) is 10.00 Å². The van der Waals surface area contributed by atoms with Gasteiger partial charge in [0.15, 0.2) is 0 Å². The Hall–Kier alpha value is -2.88. The Kier molecular flexibility index (Phi) is 7.29. The summed E-state index contributed by atoms with van der Waals surface area (Å²) in [6.45, 7) is 4.66. The molecule has 1 aromatic carbocycles. The van der Waals surface area contributed by atoms with Crippen LogP contribution in [0.4, 0.5) is 13.2 Å². The summed E-state index contributed by atoms with van der Waals surface area (Å²) < 4.78 is 47.7. The van der Waals surface area contributed by atoms with Crippen LogP contribution in [0, 0.1) is 0 Å². The van der Waals surface area contributed by atoms with E-state index in [-0.39, 0.29) is 42.5 Å². The van der Waals surface area contributed by atoms with Crippen LogP contribution in [0.3, 0.4) is 0 Å². The zero-order chi connectivity index (χ0) is 26.2. The van der Waals surface area contributed by atoms with Gasteiger partial charge in [-0.05, 0) is 50.7 Å². The topological polar surface area (TPSA) is 67.7 Å². The van der Waals surface area contributed by atoms with Crippen LogP contribution in [0.1, 0.15) is 84.1 Å². The quantitative estimate of drug-likeness (QED) is 0.501. The molecule has 3 fully saturated rings. The van der Waals surface area contributed by atoms with Gasteiger partial charge in [-0.2, -0.15) is 18.3 Å². The van der Waals surface area contributed by atoms with Crippen LogP contribution in [0.2, 0.25) is 0 Å². The van der Waals surface area contributed by atoms with Crippen LogP contribution in [0.5, 0.6) is 0 Å². The summed E-state index contributed by atoms with van der Waals surface area (Å²) in [5, 5.41) is 4.64. The molecule has 37 heavy (non-hydrogen) atoms. The summed E-state index contributed by atoms with van der Waals surface area (Å²) in [6.07, 6.45) is 1.41. The molecule has 2 aromatic rings. The van der Waals surface area contributed by atoms with Crippen molar-refractivity contribution in [3.63, 3.8) is 0 Å². The van der Waals surface area contributed by atoms with E-state index < -0.39 is 11.7 Å². The second-order valence-electron chi connectivity index (χ2n) is 10.3. The summed E-state index contributed by atoms with van der Waals surface area (Å²) in [5.41, 5.74) is 1.20. The molecule has 1 atom stereocenters. The fraction of sp³-hybridized carbons (Fsp3) is 0.593. The van der Waals surface area contributed by atoms with Crippen molar-refractivity contribution in [3.8, 4) is 0 Å². The van der Waals surface area contributed by atoms with Gasteiger partial charge in [-0.25, -0.2) is 0 Å². The second-order valence-corrected chi connectivity index (χ2v) is 10.3. The van der Waals surface area contributed by atoms with Gasteiger partial charge in [-0.3, -0.25) is 19.2 Å². The molecule has 2 saturated heterocycles. The van der Waals surface area contributed by atoms with Gasteiger partial charge in [-0.15, -0.1) is 0 Å². The first-order valence-electron chi connectivity index (χ1n) is 13.2. The van der Waals surface area contributed by atoms with Gasteiger partial charge in [0, 0.05) is 38.0 Å². The van der Waals surface area contributed by atoms with Crippen LogP contribution in [-0.4, -0.2) is 70.8 Å². The fourth-order valence-electron chi connectivity index (χ4n) is 5.78. The molecule has 7 nitrogen and oxygen atoms in total. The molecule has 1 saturated carbocycles. The lowest BCUT2D eigenvalue weighted by molar-refractivity contribution is -0.144. The first-order valence-corrected chi connectivity index (χ1v) is 13.2. The number of carbonyl (C=O) groups is 2. The number of benzene rings is 1. The number of rotatable bonds is 7. The number of halogens is 3. The highest BCUT2D eigenvalue weighted by atomic mass is 19.4. The summed E-state index contributed by atoms with van der Waals surface area (Å²) in [7, 11) is 0. The summed E-state index contributed by atoms with van der Waals surface area (Å²) in [4.78, 5) is 29.2. The maximum atomic E-state index is 13.6. The normalized spacial score (nSPS) is 21.4. The zero-order valence-corrected chi connectivity index (χ0v) is 21.0. The number of carbonyl (C=O) groups excluding carboxylic acids is 2. The number of hydrogen-bond donors (Lipinski definition) is 0. The first-order chi connectivity index (χ1) is 17.8. The average Bonchev–Trinajstić information content (AvgIpc) is 3.42. The number of amides is 1. The monoisotopic (exact) mass is 518 g/mol. The molecule has 3 aliphatic rings. The van der Waals surface area contributed by atoms with Crippen molar-refractivity contribution in [2.45, 2.75) is 63.1 Å². The molecule has 2 aliphatic heterocycles. The predicted octanol–water partition coefficient (Wildman–Crippen LogP) is 4.61.